The second-order valence-corrected chi connectivity index (χ2v) is 5.87. The van der Waals surface area contributed by atoms with E-state index in [0.717, 1.165) is 5.39 Å². The summed E-state index contributed by atoms with van der Waals surface area (Å²) in [7, 11) is -3.54. The smallest absolute Gasteiger partial charge is 0.241 e. The molecule has 0 fully saturated rings. The maximum Gasteiger partial charge on any atom is 0.241 e. The lowest BCUT2D eigenvalue weighted by Gasteiger charge is -2.07. The standard InChI is InChI=1S/C13H13ClN2O2S/c14-7-1-2-8-16-19(17,18)13-5-3-4-11-10-15-9-6-12(11)13/h1-6,9-10,16H,7-8H2/b2-1+. The van der Waals surface area contributed by atoms with Crippen LogP contribution in [0.5, 0.6) is 0 Å². The predicted octanol–water partition coefficient (Wildman–Crippen LogP) is 2.31. The Balaban J connectivity index is 2.35. The topological polar surface area (TPSA) is 59.1 Å². The summed E-state index contributed by atoms with van der Waals surface area (Å²) < 4.78 is 26.9. The minimum Gasteiger partial charge on any atom is -0.264 e. The molecule has 4 nitrogen and oxygen atoms in total. The van der Waals surface area contributed by atoms with E-state index < -0.39 is 10.0 Å². The number of hydrogen-bond donors (Lipinski definition) is 1. The maximum atomic E-state index is 12.2. The largest absolute Gasteiger partial charge is 0.264 e. The van der Waals surface area contributed by atoms with Crippen LogP contribution in [-0.4, -0.2) is 25.8 Å². The molecule has 0 spiro atoms. The van der Waals surface area contributed by atoms with Crippen molar-refractivity contribution in [1.29, 1.82) is 0 Å². The number of rotatable bonds is 5. The number of alkyl halides is 1. The van der Waals surface area contributed by atoms with Crippen LogP contribution in [0.2, 0.25) is 0 Å². The minimum absolute atomic E-state index is 0.219. The normalized spacial score (nSPS) is 12.3. The number of halogens is 1. The Bertz CT molecular complexity index is 693. The molecule has 1 aromatic heterocycles. The fourth-order valence-corrected chi connectivity index (χ4v) is 3.04. The number of benzene rings is 1. The van der Waals surface area contributed by atoms with Gasteiger partial charge in [0.25, 0.3) is 0 Å². The zero-order chi connectivity index (χ0) is 13.7. The average molecular weight is 297 g/mol. The summed E-state index contributed by atoms with van der Waals surface area (Å²) in [6, 6.07) is 6.80. The van der Waals surface area contributed by atoms with Crippen LogP contribution in [0.25, 0.3) is 10.8 Å². The third kappa shape index (κ3) is 3.32. The Morgan fingerprint density at radius 3 is 2.89 bits per heavy atom. The lowest BCUT2D eigenvalue weighted by molar-refractivity contribution is 0.586. The average Bonchev–Trinajstić information content (AvgIpc) is 2.43. The molecule has 0 amide bonds. The number of nitrogens with zero attached hydrogens (tertiary/aromatic N) is 1. The summed E-state index contributed by atoms with van der Waals surface area (Å²) in [5.41, 5.74) is 0. The number of allylic oxidation sites excluding steroid dienone is 1. The Morgan fingerprint density at radius 2 is 2.11 bits per heavy atom. The van der Waals surface area contributed by atoms with E-state index in [-0.39, 0.29) is 11.4 Å². The molecule has 19 heavy (non-hydrogen) atoms. The van der Waals surface area contributed by atoms with Gasteiger partial charge in [-0.15, -0.1) is 11.6 Å². The van der Waals surface area contributed by atoms with E-state index in [4.69, 9.17) is 11.6 Å². The molecule has 1 aromatic carbocycles. The van der Waals surface area contributed by atoms with E-state index >= 15 is 0 Å². The van der Waals surface area contributed by atoms with Crippen molar-refractivity contribution in [1.82, 2.24) is 9.71 Å². The van der Waals surface area contributed by atoms with Crippen LogP contribution in [0.15, 0.2) is 53.7 Å². The van der Waals surface area contributed by atoms with Crippen molar-refractivity contribution in [3.63, 3.8) is 0 Å². The molecule has 0 aliphatic carbocycles. The highest BCUT2D eigenvalue weighted by molar-refractivity contribution is 7.89. The highest BCUT2D eigenvalue weighted by atomic mass is 35.5. The quantitative estimate of drug-likeness (QED) is 0.680. The number of fused-ring (bicyclic) bond motifs is 1. The SMILES string of the molecule is O=S(=O)(NC/C=C/CCl)c1cccc2cnccc12. The van der Waals surface area contributed by atoms with Crippen molar-refractivity contribution in [2.24, 2.45) is 0 Å². The molecule has 0 aliphatic heterocycles. The van der Waals surface area contributed by atoms with Gasteiger partial charge in [0.2, 0.25) is 10.0 Å². The van der Waals surface area contributed by atoms with Crippen LogP contribution in [-0.2, 0) is 10.0 Å². The lowest BCUT2D eigenvalue weighted by atomic mass is 10.2. The molecular weight excluding hydrogens is 284 g/mol. The minimum atomic E-state index is -3.54. The van der Waals surface area contributed by atoms with E-state index in [1.165, 1.54) is 0 Å². The Hall–Kier alpha value is -1.43. The number of hydrogen-bond acceptors (Lipinski definition) is 3. The first-order valence-corrected chi connectivity index (χ1v) is 7.70. The van der Waals surface area contributed by atoms with Crippen LogP contribution in [0.1, 0.15) is 0 Å². The Labute approximate surface area is 117 Å². The molecule has 6 heteroatoms. The van der Waals surface area contributed by atoms with Gasteiger partial charge in [0.05, 0.1) is 4.90 Å². The summed E-state index contributed by atoms with van der Waals surface area (Å²) in [5, 5.41) is 1.45. The third-order valence-corrected chi connectivity index (χ3v) is 4.24. The molecule has 0 saturated heterocycles. The molecule has 0 unspecified atom stereocenters. The first kappa shape index (κ1) is 14.0. The summed E-state index contributed by atoms with van der Waals surface area (Å²) in [4.78, 5) is 4.24. The molecule has 2 aromatic rings. The van der Waals surface area contributed by atoms with Gasteiger partial charge in [0.15, 0.2) is 0 Å². The highest BCUT2D eigenvalue weighted by Crippen LogP contribution is 2.21. The van der Waals surface area contributed by atoms with E-state index in [0.29, 0.717) is 11.3 Å². The molecular formula is C13H13ClN2O2S. The zero-order valence-electron chi connectivity index (χ0n) is 10.1. The van der Waals surface area contributed by atoms with Gasteiger partial charge >= 0.3 is 0 Å². The second-order valence-electron chi connectivity index (χ2n) is 3.83. The molecule has 0 bridgehead atoms. The molecule has 1 N–H and O–H groups in total. The van der Waals surface area contributed by atoms with Gasteiger partial charge < -0.3 is 0 Å². The lowest BCUT2D eigenvalue weighted by Crippen LogP contribution is -2.24. The van der Waals surface area contributed by atoms with E-state index in [9.17, 15) is 8.42 Å². The third-order valence-electron chi connectivity index (χ3n) is 2.58. The summed E-state index contributed by atoms with van der Waals surface area (Å²) >= 11 is 5.48. The van der Waals surface area contributed by atoms with Crippen LogP contribution < -0.4 is 4.72 Å². The van der Waals surface area contributed by atoms with Crippen LogP contribution >= 0.6 is 11.6 Å². The van der Waals surface area contributed by atoms with Crippen molar-refractivity contribution in [2.75, 3.05) is 12.4 Å². The molecule has 0 radical (unpaired) electrons. The van der Waals surface area contributed by atoms with Gasteiger partial charge in [-0.25, -0.2) is 13.1 Å². The van der Waals surface area contributed by atoms with Crippen molar-refractivity contribution in [3.05, 3.63) is 48.8 Å². The first-order chi connectivity index (χ1) is 9.15. The maximum absolute atomic E-state index is 12.2. The van der Waals surface area contributed by atoms with Crippen molar-refractivity contribution >= 4 is 32.4 Å². The summed E-state index contributed by atoms with van der Waals surface area (Å²) in [6.45, 7) is 0.219. The molecule has 100 valence electrons. The van der Waals surface area contributed by atoms with E-state index in [1.807, 2.05) is 6.07 Å². The first-order valence-electron chi connectivity index (χ1n) is 5.68. The van der Waals surface area contributed by atoms with Gasteiger partial charge in [-0.1, -0.05) is 24.3 Å². The van der Waals surface area contributed by atoms with E-state index in [1.54, 1.807) is 42.7 Å². The van der Waals surface area contributed by atoms with Gasteiger partial charge in [-0.05, 0) is 12.1 Å². The fourth-order valence-electron chi connectivity index (χ4n) is 1.71. The van der Waals surface area contributed by atoms with E-state index in [2.05, 4.69) is 9.71 Å². The van der Waals surface area contributed by atoms with Crippen molar-refractivity contribution in [2.45, 2.75) is 4.90 Å². The van der Waals surface area contributed by atoms with Crippen LogP contribution in [0, 0.1) is 0 Å². The molecule has 0 atom stereocenters. The molecule has 0 saturated carbocycles. The molecule has 1 heterocycles. The Kier molecular flexibility index (Phi) is 4.52. The predicted molar refractivity (Wildman–Crippen MR) is 76.8 cm³/mol. The van der Waals surface area contributed by atoms with Crippen LogP contribution in [0.3, 0.4) is 0 Å². The molecule has 2 rings (SSSR count). The number of pyridine rings is 1. The molecule has 0 aliphatic rings. The fraction of sp³-hybridized carbons (Fsp3) is 0.154. The van der Waals surface area contributed by atoms with Crippen molar-refractivity contribution in [3.8, 4) is 0 Å². The Morgan fingerprint density at radius 1 is 1.26 bits per heavy atom. The second kappa shape index (κ2) is 6.14. The highest BCUT2D eigenvalue weighted by Gasteiger charge is 2.15. The summed E-state index contributed by atoms with van der Waals surface area (Å²) in [6.07, 6.45) is 6.59. The van der Waals surface area contributed by atoms with Gasteiger partial charge in [-0.3, -0.25) is 4.98 Å². The van der Waals surface area contributed by atoms with Gasteiger partial charge in [0.1, 0.15) is 0 Å². The van der Waals surface area contributed by atoms with Crippen LogP contribution in [0.4, 0.5) is 0 Å². The number of sulfonamides is 1. The van der Waals surface area contributed by atoms with Crippen molar-refractivity contribution < 1.29 is 8.42 Å². The number of nitrogens with one attached hydrogen (secondary N) is 1. The number of aromatic nitrogens is 1. The summed E-state index contributed by atoms with van der Waals surface area (Å²) in [5.74, 6) is 0.363. The van der Waals surface area contributed by atoms with Gasteiger partial charge in [0, 0.05) is 35.6 Å². The zero-order valence-corrected chi connectivity index (χ0v) is 11.7. The van der Waals surface area contributed by atoms with Gasteiger partial charge in [-0.2, -0.15) is 0 Å². The monoisotopic (exact) mass is 296 g/mol.